The lowest BCUT2D eigenvalue weighted by atomic mass is 10.0. The molecule has 0 nitrogen and oxygen atoms in total. The summed E-state index contributed by atoms with van der Waals surface area (Å²) in [6.45, 7) is 8.98. The van der Waals surface area contributed by atoms with Crippen LogP contribution in [0.5, 0.6) is 0 Å². The Kier molecular flexibility index (Phi) is 4.53. The number of rotatable bonds is 4. The monoisotopic (exact) mass is 208 g/mol. The largest absolute Gasteiger partial charge is 0.123 e. The van der Waals surface area contributed by atoms with Gasteiger partial charge in [0.15, 0.2) is 0 Å². The van der Waals surface area contributed by atoms with Gasteiger partial charge in [0.05, 0.1) is 0 Å². The van der Waals surface area contributed by atoms with Crippen LogP contribution >= 0.6 is 11.8 Å². The van der Waals surface area contributed by atoms with Crippen molar-refractivity contribution in [2.24, 2.45) is 5.92 Å². The SMILES string of the molecule is CC(C)Cc1ccc(SC(C)C)cc1. The molecule has 14 heavy (non-hydrogen) atoms. The fourth-order valence-electron chi connectivity index (χ4n) is 1.45. The van der Waals surface area contributed by atoms with Crippen LogP contribution in [0.25, 0.3) is 0 Å². The van der Waals surface area contributed by atoms with Crippen molar-refractivity contribution >= 4 is 11.8 Å². The molecule has 0 aliphatic heterocycles. The summed E-state index contributed by atoms with van der Waals surface area (Å²) in [5, 5.41) is 0.672. The van der Waals surface area contributed by atoms with E-state index in [9.17, 15) is 0 Å². The first-order chi connectivity index (χ1) is 6.58. The molecule has 78 valence electrons. The highest BCUT2D eigenvalue weighted by atomic mass is 32.2. The molecule has 1 rings (SSSR count). The Morgan fingerprint density at radius 3 is 2.00 bits per heavy atom. The molecule has 0 saturated heterocycles. The fraction of sp³-hybridized carbons (Fsp3) is 0.538. The first-order valence-electron chi connectivity index (χ1n) is 5.33. The first-order valence-corrected chi connectivity index (χ1v) is 6.21. The quantitative estimate of drug-likeness (QED) is 0.661. The van der Waals surface area contributed by atoms with E-state index < -0.39 is 0 Å². The Bertz CT molecular complexity index is 230. The van der Waals surface area contributed by atoms with E-state index in [2.05, 4.69) is 52.0 Å². The van der Waals surface area contributed by atoms with Crippen LogP contribution in [0.1, 0.15) is 33.3 Å². The molecule has 1 aromatic carbocycles. The molecule has 0 heterocycles. The first kappa shape index (κ1) is 11.6. The molecular formula is C13H20S. The van der Waals surface area contributed by atoms with Gasteiger partial charge in [-0.05, 0) is 30.0 Å². The third kappa shape index (κ3) is 4.19. The van der Waals surface area contributed by atoms with Gasteiger partial charge >= 0.3 is 0 Å². The summed E-state index contributed by atoms with van der Waals surface area (Å²) in [6, 6.07) is 8.99. The van der Waals surface area contributed by atoms with E-state index in [1.165, 1.54) is 16.9 Å². The summed E-state index contributed by atoms with van der Waals surface area (Å²) in [6.07, 6.45) is 1.19. The number of benzene rings is 1. The lowest BCUT2D eigenvalue weighted by molar-refractivity contribution is 0.647. The van der Waals surface area contributed by atoms with Gasteiger partial charge in [0.25, 0.3) is 0 Å². The Morgan fingerprint density at radius 2 is 1.57 bits per heavy atom. The molecule has 0 bridgehead atoms. The second-order valence-corrected chi connectivity index (χ2v) is 6.06. The molecule has 0 saturated carbocycles. The minimum Gasteiger partial charge on any atom is -0.123 e. The van der Waals surface area contributed by atoms with Gasteiger partial charge < -0.3 is 0 Å². The zero-order valence-electron chi connectivity index (χ0n) is 9.58. The van der Waals surface area contributed by atoms with E-state index in [1.807, 2.05) is 11.8 Å². The molecule has 0 atom stereocenters. The Labute approximate surface area is 92.1 Å². The Balaban J connectivity index is 2.59. The fourth-order valence-corrected chi connectivity index (χ4v) is 2.29. The molecular weight excluding hydrogens is 188 g/mol. The van der Waals surface area contributed by atoms with Gasteiger partial charge in [-0.3, -0.25) is 0 Å². The third-order valence-corrected chi connectivity index (χ3v) is 2.95. The van der Waals surface area contributed by atoms with E-state index in [4.69, 9.17) is 0 Å². The van der Waals surface area contributed by atoms with Crippen molar-refractivity contribution in [1.29, 1.82) is 0 Å². The standard InChI is InChI=1S/C13H20S/c1-10(2)9-12-5-7-13(8-6-12)14-11(3)4/h5-8,10-11H,9H2,1-4H3. The van der Waals surface area contributed by atoms with Gasteiger partial charge in [0, 0.05) is 10.1 Å². The topological polar surface area (TPSA) is 0 Å². The van der Waals surface area contributed by atoms with Gasteiger partial charge in [-0.1, -0.05) is 39.8 Å². The highest BCUT2D eigenvalue weighted by molar-refractivity contribution is 7.99. The second-order valence-electron chi connectivity index (χ2n) is 4.41. The van der Waals surface area contributed by atoms with Crippen molar-refractivity contribution in [3.05, 3.63) is 29.8 Å². The number of hydrogen-bond acceptors (Lipinski definition) is 1. The van der Waals surface area contributed by atoms with Crippen LogP contribution in [0.3, 0.4) is 0 Å². The van der Waals surface area contributed by atoms with E-state index in [-0.39, 0.29) is 0 Å². The molecule has 0 spiro atoms. The predicted molar refractivity (Wildman–Crippen MR) is 66.0 cm³/mol. The molecule has 0 aliphatic rings. The van der Waals surface area contributed by atoms with Gasteiger partial charge in [-0.2, -0.15) is 0 Å². The van der Waals surface area contributed by atoms with Crippen molar-refractivity contribution < 1.29 is 0 Å². The van der Waals surface area contributed by atoms with Gasteiger partial charge in [-0.15, -0.1) is 11.8 Å². The molecule has 0 amide bonds. The summed E-state index contributed by atoms with van der Waals surface area (Å²) in [5.41, 5.74) is 1.45. The van der Waals surface area contributed by atoms with Crippen LogP contribution in [-0.4, -0.2) is 5.25 Å². The number of thioether (sulfide) groups is 1. The van der Waals surface area contributed by atoms with Crippen LogP contribution in [0.4, 0.5) is 0 Å². The second kappa shape index (κ2) is 5.45. The molecule has 0 aliphatic carbocycles. The maximum Gasteiger partial charge on any atom is 0.00747 e. The van der Waals surface area contributed by atoms with Crippen molar-refractivity contribution in [2.45, 2.75) is 44.3 Å². The van der Waals surface area contributed by atoms with Crippen LogP contribution in [-0.2, 0) is 6.42 Å². The van der Waals surface area contributed by atoms with Crippen LogP contribution in [0.2, 0.25) is 0 Å². The third-order valence-electron chi connectivity index (χ3n) is 1.94. The summed E-state index contributed by atoms with van der Waals surface area (Å²) in [5.74, 6) is 0.749. The van der Waals surface area contributed by atoms with Gasteiger partial charge in [-0.25, -0.2) is 0 Å². The van der Waals surface area contributed by atoms with Crippen molar-refractivity contribution in [2.75, 3.05) is 0 Å². The van der Waals surface area contributed by atoms with Crippen molar-refractivity contribution in [1.82, 2.24) is 0 Å². The van der Waals surface area contributed by atoms with E-state index in [1.54, 1.807) is 0 Å². The summed E-state index contributed by atoms with van der Waals surface area (Å²) in [7, 11) is 0. The lowest BCUT2D eigenvalue weighted by Gasteiger charge is -2.07. The molecule has 1 heteroatoms. The van der Waals surface area contributed by atoms with Gasteiger partial charge in [0.1, 0.15) is 0 Å². The molecule has 0 N–H and O–H groups in total. The number of hydrogen-bond donors (Lipinski definition) is 0. The van der Waals surface area contributed by atoms with Gasteiger partial charge in [0.2, 0.25) is 0 Å². The normalized spacial score (nSPS) is 11.3. The van der Waals surface area contributed by atoms with Crippen LogP contribution in [0.15, 0.2) is 29.2 Å². The smallest absolute Gasteiger partial charge is 0.00747 e. The molecule has 0 fully saturated rings. The van der Waals surface area contributed by atoms with Crippen LogP contribution < -0.4 is 0 Å². The summed E-state index contributed by atoms with van der Waals surface area (Å²) in [4.78, 5) is 1.38. The predicted octanol–water partition coefficient (Wildman–Crippen LogP) is 4.39. The van der Waals surface area contributed by atoms with E-state index in [0.29, 0.717) is 5.25 Å². The highest BCUT2D eigenvalue weighted by Gasteiger charge is 2.00. The maximum absolute atomic E-state index is 2.26. The minimum absolute atomic E-state index is 0.672. The van der Waals surface area contributed by atoms with E-state index >= 15 is 0 Å². The van der Waals surface area contributed by atoms with E-state index in [0.717, 1.165) is 5.92 Å². The minimum atomic E-state index is 0.672. The zero-order chi connectivity index (χ0) is 10.6. The lowest BCUT2D eigenvalue weighted by Crippen LogP contribution is -1.93. The van der Waals surface area contributed by atoms with Crippen molar-refractivity contribution in [3.8, 4) is 0 Å². The molecule has 1 aromatic rings. The summed E-state index contributed by atoms with van der Waals surface area (Å²) >= 11 is 1.93. The molecule has 0 radical (unpaired) electrons. The Morgan fingerprint density at radius 1 is 1.00 bits per heavy atom. The average molecular weight is 208 g/mol. The zero-order valence-corrected chi connectivity index (χ0v) is 10.4. The highest BCUT2D eigenvalue weighted by Crippen LogP contribution is 2.23. The average Bonchev–Trinajstić information content (AvgIpc) is 2.06. The van der Waals surface area contributed by atoms with Crippen molar-refractivity contribution in [3.63, 3.8) is 0 Å². The Hall–Kier alpha value is -0.430. The molecule has 0 unspecified atom stereocenters. The van der Waals surface area contributed by atoms with Crippen LogP contribution in [0, 0.1) is 5.92 Å². The summed E-state index contributed by atoms with van der Waals surface area (Å²) < 4.78 is 0. The molecule has 0 aromatic heterocycles. The maximum atomic E-state index is 2.26.